The number of carboxylic acid groups (broad SMARTS) is 1. The third-order valence-electron chi connectivity index (χ3n) is 2.62. The van der Waals surface area contributed by atoms with E-state index in [1.165, 1.54) is 24.1 Å². The van der Waals surface area contributed by atoms with E-state index in [0.717, 1.165) is 0 Å². The number of halogens is 1. The first kappa shape index (κ1) is 22.8. The van der Waals surface area contributed by atoms with Crippen molar-refractivity contribution in [3.8, 4) is 0 Å². The van der Waals surface area contributed by atoms with E-state index in [9.17, 15) is 9.90 Å². The van der Waals surface area contributed by atoms with E-state index in [2.05, 4.69) is 51.4 Å². The Morgan fingerprint density at radius 2 is 1.71 bits per heavy atom. The molecule has 0 aromatic carbocycles. The number of carbonyl (C=O) groups excluding carboxylic acids is 1. The van der Waals surface area contributed by atoms with E-state index in [-0.39, 0.29) is 37.9 Å². The molecule has 1 aromatic rings. The van der Waals surface area contributed by atoms with E-state index < -0.39 is 5.97 Å². The van der Waals surface area contributed by atoms with Crippen molar-refractivity contribution in [3.63, 3.8) is 0 Å². The minimum absolute atomic E-state index is 0. The van der Waals surface area contributed by atoms with E-state index in [0.29, 0.717) is 5.92 Å². The molecule has 1 aromatic heterocycles. The number of aromatic nitrogens is 1. The fourth-order valence-electron chi connectivity index (χ4n) is 1.43. The monoisotopic (exact) mass is 483 g/mol. The molecule has 1 aliphatic carbocycles. The van der Waals surface area contributed by atoms with Crippen LogP contribution in [0.5, 0.6) is 0 Å². The summed E-state index contributed by atoms with van der Waals surface area (Å²) in [5, 5.41) is 10.0. The fourth-order valence-corrected chi connectivity index (χ4v) is 1.43. The number of aromatic carboxylic acids is 1. The second-order valence-corrected chi connectivity index (χ2v) is 4.57. The number of carbonyl (C=O) groups is 1. The Kier molecular flexibility index (Phi) is 13.2. The average molecular weight is 482 g/mol. The summed E-state index contributed by atoms with van der Waals surface area (Å²) < 4.78 is 0. The minimum atomic E-state index is -1.24. The van der Waals surface area contributed by atoms with Crippen LogP contribution in [0.25, 0.3) is 0 Å². The normalized spacial score (nSPS) is 15.2. The van der Waals surface area contributed by atoms with Crippen LogP contribution in [0.1, 0.15) is 31.3 Å². The molecule has 21 heavy (non-hydrogen) atoms. The minimum Gasteiger partial charge on any atom is -1.00 e. The molecular formula is C16H18ClNO2Os. The molecule has 2 rings (SSSR count). The largest absolute Gasteiger partial charge is 2.00 e. The number of hydrogen-bond donors (Lipinski definition) is 0. The summed E-state index contributed by atoms with van der Waals surface area (Å²) in [7, 11) is 0. The molecule has 0 amide bonds. The Morgan fingerprint density at radius 3 is 2.05 bits per heavy atom. The summed E-state index contributed by atoms with van der Waals surface area (Å²) in [5.41, 5.74) is -0.0301. The first-order valence-corrected chi connectivity index (χ1v) is 6.19. The van der Waals surface area contributed by atoms with Gasteiger partial charge in [-0.2, -0.15) is 0 Å². The van der Waals surface area contributed by atoms with Gasteiger partial charge in [0, 0.05) is 6.20 Å². The molecule has 0 atom stereocenters. The van der Waals surface area contributed by atoms with E-state index >= 15 is 0 Å². The molecule has 1 fully saturated rings. The molecule has 1 saturated carbocycles. The molecule has 0 bridgehead atoms. The van der Waals surface area contributed by atoms with Crippen LogP contribution in [0.4, 0.5) is 0 Å². The first-order chi connectivity index (χ1) is 9.00. The average Bonchev–Trinajstić information content (AvgIpc) is 2.41. The SMILES string of the molecule is C[C]1[CH][CH][C](C(C)C)[CH][CH]1.O=C([O-])c1ccccn1.[Cl-].[Os+2]. The summed E-state index contributed by atoms with van der Waals surface area (Å²) in [6.45, 7) is 6.54. The van der Waals surface area contributed by atoms with Gasteiger partial charge >= 0.3 is 19.8 Å². The van der Waals surface area contributed by atoms with Crippen LogP contribution in [-0.2, 0) is 19.8 Å². The quantitative estimate of drug-likeness (QED) is 0.549. The Bertz CT molecular complexity index is 379. The van der Waals surface area contributed by atoms with Gasteiger partial charge in [0.05, 0.1) is 11.7 Å². The van der Waals surface area contributed by atoms with Crippen LogP contribution in [0.3, 0.4) is 0 Å². The topological polar surface area (TPSA) is 53.0 Å². The number of rotatable bonds is 2. The van der Waals surface area contributed by atoms with Crippen LogP contribution in [0, 0.1) is 43.4 Å². The van der Waals surface area contributed by atoms with Crippen LogP contribution in [0.2, 0.25) is 0 Å². The van der Waals surface area contributed by atoms with Crippen molar-refractivity contribution in [1.29, 1.82) is 0 Å². The van der Waals surface area contributed by atoms with Gasteiger partial charge in [0.1, 0.15) is 0 Å². The molecule has 0 spiro atoms. The summed E-state index contributed by atoms with van der Waals surface area (Å²) >= 11 is 0. The number of hydrogen-bond acceptors (Lipinski definition) is 3. The second-order valence-electron chi connectivity index (χ2n) is 4.57. The Balaban J connectivity index is 0. The first-order valence-electron chi connectivity index (χ1n) is 6.19. The molecule has 1 heterocycles. The van der Waals surface area contributed by atoms with Gasteiger partial charge in [-0.15, -0.1) is 0 Å². The maximum absolute atomic E-state index is 10.0. The predicted molar refractivity (Wildman–Crippen MR) is 72.8 cm³/mol. The molecule has 0 saturated heterocycles. The van der Waals surface area contributed by atoms with Gasteiger partial charge in [0.25, 0.3) is 0 Å². The van der Waals surface area contributed by atoms with Crippen LogP contribution < -0.4 is 17.5 Å². The van der Waals surface area contributed by atoms with Gasteiger partial charge in [-0.25, -0.2) is 0 Å². The Labute approximate surface area is 147 Å². The maximum atomic E-state index is 10.0. The summed E-state index contributed by atoms with van der Waals surface area (Å²) in [6.07, 6.45) is 10.1. The summed E-state index contributed by atoms with van der Waals surface area (Å²) in [6, 6.07) is 4.62. The van der Waals surface area contributed by atoms with Crippen LogP contribution >= 0.6 is 0 Å². The third-order valence-corrected chi connectivity index (χ3v) is 2.62. The standard InChI is InChI=1S/C10H14.C6H5NO2.ClH.Os/c1-8(2)10-6-4-9(3)5-7-10;8-6(9)5-3-1-2-4-7-5;;/h4-8H,1-3H3;1-4H,(H,8,9);1H;/q;;;+2/p-2. The molecule has 6 radical (unpaired) electrons. The van der Waals surface area contributed by atoms with Gasteiger partial charge in [-0.05, 0) is 55.6 Å². The van der Waals surface area contributed by atoms with Crippen LogP contribution in [0.15, 0.2) is 24.4 Å². The summed E-state index contributed by atoms with van der Waals surface area (Å²) in [5.74, 6) is 2.17. The van der Waals surface area contributed by atoms with Crippen molar-refractivity contribution in [1.82, 2.24) is 4.98 Å². The molecule has 0 N–H and O–H groups in total. The van der Waals surface area contributed by atoms with E-state index in [1.807, 2.05) is 0 Å². The molecule has 3 nitrogen and oxygen atoms in total. The van der Waals surface area contributed by atoms with Gasteiger partial charge in [-0.1, -0.05) is 26.8 Å². The van der Waals surface area contributed by atoms with Crippen LogP contribution in [-0.4, -0.2) is 11.0 Å². The van der Waals surface area contributed by atoms with Crippen molar-refractivity contribution >= 4 is 5.97 Å². The van der Waals surface area contributed by atoms with Gasteiger partial charge in [0.15, 0.2) is 0 Å². The zero-order valence-electron chi connectivity index (χ0n) is 12.2. The van der Waals surface area contributed by atoms with Crippen molar-refractivity contribution in [2.45, 2.75) is 20.8 Å². The molecule has 5 heteroatoms. The number of nitrogens with zero attached hydrogens (tertiary/aromatic N) is 1. The molecule has 114 valence electrons. The number of pyridine rings is 1. The molecular weight excluding hydrogens is 464 g/mol. The Hall–Kier alpha value is -0.454. The zero-order chi connectivity index (χ0) is 14.3. The molecule has 0 unspecified atom stereocenters. The van der Waals surface area contributed by atoms with Gasteiger partial charge < -0.3 is 22.3 Å². The zero-order valence-corrected chi connectivity index (χ0v) is 15.5. The molecule has 0 aliphatic heterocycles. The van der Waals surface area contributed by atoms with Crippen molar-refractivity contribution in [2.75, 3.05) is 0 Å². The van der Waals surface area contributed by atoms with E-state index in [4.69, 9.17) is 0 Å². The maximum Gasteiger partial charge on any atom is 2.00 e. The van der Waals surface area contributed by atoms with Crippen molar-refractivity contribution in [3.05, 3.63) is 67.6 Å². The summed E-state index contributed by atoms with van der Waals surface area (Å²) in [4.78, 5) is 13.5. The van der Waals surface area contributed by atoms with Gasteiger partial charge in [0.2, 0.25) is 0 Å². The molecule has 1 aliphatic rings. The predicted octanol–water partition coefficient (Wildman–Crippen LogP) is -0.911. The van der Waals surface area contributed by atoms with Gasteiger partial charge in [-0.3, -0.25) is 4.98 Å². The number of carboxylic acids is 1. The van der Waals surface area contributed by atoms with Crippen molar-refractivity contribution < 1.29 is 42.1 Å². The Morgan fingerprint density at radius 1 is 1.14 bits per heavy atom. The third kappa shape index (κ3) is 9.22. The van der Waals surface area contributed by atoms with E-state index in [1.54, 1.807) is 12.1 Å². The van der Waals surface area contributed by atoms with Crippen molar-refractivity contribution in [2.24, 2.45) is 5.92 Å². The second kappa shape index (κ2) is 12.1. The fraction of sp³-hybridized carbons (Fsp3) is 0.250. The smallest absolute Gasteiger partial charge is 1.00 e.